The number of aromatic nitrogens is 2. The Kier molecular flexibility index (Phi) is 3.75. The fraction of sp³-hybridized carbons (Fsp3) is 0.158. The topological polar surface area (TPSA) is 56.2 Å². The first kappa shape index (κ1) is 14.5. The molecule has 1 amide bonds. The van der Waals surface area contributed by atoms with Gasteiger partial charge in [0.25, 0.3) is 5.91 Å². The van der Waals surface area contributed by atoms with E-state index in [9.17, 15) is 4.79 Å². The average molecular weight is 319 g/mol. The minimum absolute atomic E-state index is 0.0786. The summed E-state index contributed by atoms with van der Waals surface area (Å²) in [5, 5.41) is 3.00. The second-order valence-electron chi connectivity index (χ2n) is 5.70. The van der Waals surface area contributed by atoms with Crippen LogP contribution in [0.1, 0.15) is 21.5 Å². The van der Waals surface area contributed by atoms with Crippen molar-refractivity contribution < 1.29 is 9.53 Å². The van der Waals surface area contributed by atoms with Crippen LogP contribution in [0.15, 0.2) is 61.2 Å². The number of carbonyl (C=O) groups is 1. The lowest BCUT2D eigenvalue weighted by atomic mass is 10.1. The van der Waals surface area contributed by atoms with E-state index in [1.165, 1.54) is 0 Å². The minimum atomic E-state index is -0.0786. The Morgan fingerprint density at radius 2 is 2.17 bits per heavy atom. The summed E-state index contributed by atoms with van der Waals surface area (Å²) in [6, 6.07) is 13.6. The number of hydrogen-bond donors (Lipinski definition) is 1. The van der Waals surface area contributed by atoms with Crippen LogP contribution >= 0.6 is 0 Å². The summed E-state index contributed by atoms with van der Waals surface area (Å²) < 4.78 is 7.42. The molecule has 0 bridgehead atoms. The fourth-order valence-electron chi connectivity index (χ4n) is 2.92. The first-order chi connectivity index (χ1) is 11.8. The Labute approximate surface area is 139 Å². The largest absolute Gasteiger partial charge is 0.493 e. The summed E-state index contributed by atoms with van der Waals surface area (Å²) in [6.07, 6.45) is 6.24. The normalized spacial score (nSPS) is 12.5. The van der Waals surface area contributed by atoms with Gasteiger partial charge in [-0.15, -0.1) is 0 Å². The quantitative estimate of drug-likeness (QED) is 0.804. The maximum atomic E-state index is 12.4. The standard InChI is InChI=1S/C19H17N3O2/c23-19(15-5-6-18-14(11-15)7-10-24-18)21-12-16-3-1-2-4-17(16)22-9-8-20-13-22/h1-6,8-9,11,13H,7,10,12H2,(H,21,23). The second kappa shape index (κ2) is 6.20. The number of imidazole rings is 1. The van der Waals surface area contributed by atoms with Gasteiger partial charge in [0.2, 0.25) is 0 Å². The van der Waals surface area contributed by atoms with E-state index in [1.807, 2.05) is 47.2 Å². The third-order valence-electron chi connectivity index (χ3n) is 4.17. The molecule has 0 unspecified atom stereocenters. The molecule has 1 aromatic heterocycles. The molecule has 24 heavy (non-hydrogen) atoms. The molecular formula is C19H17N3O2. The van der Waals surface area contributed by atoms with Gasteiger partial charge in [0.1, 0.15) is 5.75 Å². The van der Waals surface area contributed by atoms with Crippen molar-refractivity contribution in [2.45, 2.75) is 13.0 Å². The van der Waals surface area contributed by atoms with E-state index in [4.69, 9.17) is 4.74 Å². The van der Waals surface area contributed by atoms with Gasteiger partial charge in [0, 0.05) is 30.9 Å². The number of nitrogens with one attached hydrogen (secondary N) is 1. The monoisotopic (exact) mass is 319 g/mol. The predicted molar refractivity (Wildman–Crippen MR) is 90.4 cm³/mol. The predicted octanol–water partition coefficient (Wildman–Crippen LogP) is 2.74. The summed E-state index contributed by atoms with van der Waals surface area (Å²) in [5.74, 6) is 0.808. The Hall–Kier alpha value is -3.08. The molecule has 3 aromatic rings. The number of hydrogen-bond acceptors (Lipinski definition) is 3. The van der Waals surface area contributed by atoms with Crippen LogP contribution in [-0.4, -0.2) is 22.1 Å². The van der Waals surface area contributed by atoms with Gasteiger partial charge < -0.3 is 14.6 Å². The van der Waals surface area contributed by atoms with Crippen LogP contribution in [-0.2, 0) is 13.0 Å². The molecule has 5 heteroatoms. The highest BCUT2D eigenvalue weighted by Gasteiger charge is 2.15. The van der Waals surface area contributed by atoms with Crippen molar-refractivity contribution in [3.8, 4) is 11.4 Å². The molecule has 0 saturated heterocycles. The van der Waals surface area contributed by atoms with Gasteiger partial charge in [0.05, 0.1) is 18.6 Å². The van der Waals surface area contributed by atoms with Gasteiger partial charge in [-0.05, 0) is 35.4 Å². The smallest absolute Gasteiger partial charge is 0.251 e. The van der Waals surface area contributed by atoms with Crippen molar-refractivity contribution in [3.63, 3.8) is 0 Å². The van der Waals surface area contributed by atoms with Crippen molar-refractivity contribution in [2.24, 2.45) is 0 Å². The van der Waals surface area contributed by atoms with E-state index in [1.54, 1.807) is 18.6 Å². The van der Waals surface area contributed by atoms with Gasteiger partial charge in [-0.1, -0.05) is 18.2 Å². The molecular weight excluding hydrogens is 302 g/mol. The van der Waals surface area contributed by atoms with Crippen LogP contribution in [0.25, 0.3) is 5.69 Å². The third kappa shape index (κ3) is 2.76. The van der Waals surface area contributed by atoms with Gasteiger partial charge in [-0.25, -0.2) is 4.98 Å². The zero-order valence-corrected chi connectivity index (χ0v) is 13.1. The summed E-state index contributed by atoms with van der Waals surface area (Å²) in [5.41, 5.74) is 3.81. The van der Waals surface area contributed by atoms with Crippen molar-refractivity contribution >= 4 is 5.91 Å². The Balaban J connectivity index is 1.50. The molecule has 2 heterocycles. The highest BCUT2D eigenvalue weighted by Crippen LogP contribution is 2.25. The van der Waals surface area contributed by atoms with Gasteiger partial charge in [0.15, 0.2) is 0 Å². The van der Waals surface area contributed by atoms with E-state index < -0.39 is 0 Å². The Morgan fingerprint density at radius 3 is 3.04 bits per heavy atom. The summed E-state index contributed by atoms with van der Waals surface area (Å²) >= 11 is 0. The summed E-state index contributed by atoms with van der Waals surface area (Å²) in [7, 11) is 0. The van der Waals surface area contributed by atoms with Crippen LogP contribution < -0.4 is 10.1 Å². The number of fused-ring (bicyclic) bond motifs is 1. The van der Waals surface area contributed by atoms with Gasteiger partial charge in [-0.2, -0.15) is 0 Å². The van der Waals surface area contributed by atoms with Crippen LogP contribution in [0.3, 0.4) is 0 Å². The number of ether oxygens (including phenoxy) is 1. The molecule has 0 atom stereocenters. The highest BCUT2D eigenvalue weighted by atomic mass is 16.5. The lowest BCUT2D eigenvalue weighted by Crippen LogP contribution is -2.23. The maximum Gasteiger partial charge on any atom is 0.251 e. The van der Waals surface area contributed by atoms with E-state index in [-0.39, 0.29) is 5.91 Å². The SMILES string of the molecule is O=C(NCc1ccccc1-n1ccnc1)c1ccc2c(c1)CCO2. The molecule has 1 N–H and O–H groups in total. The second-order valence-corrected chi connectivity index (χ2v) is 5.70. The minimum Gasteiger partial charge on any atom is -0.493 e. The molecule has 1 aliphatic heterocycles. The van der Waals surface area contributed by atoms with Gasteiger partial charge >= 0.3 is 0 Å². The van der Waals surface area contributed by atoms with E-state index >= 15 is 0 Å². The first-order valence-corrected chi connectivity index (χ1v) is 7.91. The average Bonchev–Trinajstić information content (AvgIpc) is 3.30. The number of rotatable bonds is 4. The lowest BCUT2D eigenvalue weighted by Gasteiger charge is -2.11. The molecule has 0 spiro atoms. The van der Waals surface area contributed by atoms with Crippen molar-refractivity contribution in [2.75, 3.05) is 6.61 Å². The Morgan fingerprint density at radius 1 is 1.25 bits per heavy atom. The summed E-state index contributed by atoms with van der Waals surface area (Å²) in [6.45, 7) is 1.15. The number of amides is 1. The zero-order valence-electron chi connectivity index (χ0n) is 13.1. The molecule has 120 valence electrons. The number of carbonyl (C=O) groups excluding carboxylic acids is 1. The number of benzene rings is 2. The molecule has 1 aliphatic rings. The van der Waals surface area contributed by atoms with Crippen LogP contribution in [0.2, 0.25) is 0 Å². The molecule has 5 nitrogen and oxygen atoms in total. The molecule has 0 aliphatic carbocycles. The van der Waals surface area contributed by atoms with Crippen molar-refractivity contribution in [3.05, 3.63) is 77.9 Å². The first-order valence-electron chi connectivity index (χ1n) is 7.91. The van der Waals surface area contributed by atoms with Crippen molar-refractivity contribution in [1.29, 1.82) is 0 Å². The van der Waals surface area contributed by atoms with Crippen molar-refractivity contribution in [1.82, 2.24) is 14.9 Å². The number of para-hydroxylation sites is 1. The van der Waals surface area contributed by atoms with E-state index in [0.717, 1.165) is 29.0 Å². The van der Waals surface area contributed by atoms with E-state index in [0.29, 0.717) is 18.7 Å². The van der Waals surface area contributed by atoms with E-state index in [2.05, 4.69) is 10.3 Å². The molecule has 0 fully saturated rings. The highest BCUT2D eigenvalue weighted by molar-refractivity contribution is 5.94. The van der Waals surface area contributed by atoms with Gasteiger partial charge in [-0.3, -0.25) is 4.79 Å². The van der Waals surface area contributed by atoms with Crippen LogP contribution in [0, 0.1) is 0 Å². The Bertz CT molecular complexity index is 872. The molecule has 0 saturated carbocycles. The molecule has 4 rings (SSSR count). The summed E-state index contributed by atoms with van der Waals surface area (Å²) in [4.78, 5) is 16.5. The lowest BCUT2D eigenvalue weighted by molar-refractivity contribution is 0.0951. The number of nitrogens with zero attached hydrogens (tertiary/aromatic N) is 2. The molecule has 2 aromatic carbocycles. The maximum absolute atomic E-state index is 12.4. The third-order valence-corrected chi connectivity index (χ3v) is 4.17. The van der Waals surface area contributed by atoms with Crippen LogP contribution in [0.5, 0.6) is 5.75 Å². The zero-order chi connectivity index (χ0) is 16.4. The fourth-order valence-corrected chi connectivity index (χ4v) is 2.92. The van der Waals surface area contributed by atoms with Crippen LogP contribution in [0.4, 0.5) is 0 Å². The molecule has 0 radical (unpaired) electrons.